The highest BCUT2D eigenvalue weighted by Crippen LogP contribution is 2.33. The second-order valence-corrected chi connectivity index (χ2v) is 5.42. The minimum Gasteiger partial charge on any atom is -0.478 e. The molecule has 0 aliphatic heterocycles. The number of carboxylic acid groups (broad SMARTS) is 1. The van der Waals surface area contributed by atoms with Gasteiger partial charge in [0.05, 0.1) is 22.6 Å². The van der Waals surface area contributed by atoms with Crippen LogP contribution >= 0.6 is 0 Å². The summed E-state index contributed by atoms with van der Waals surface area (Å²) in [6.07, 6.45) is 4.51. The Balaban J connectivity index is 2.34. The van der Waals surface area contributed by atoms with E-state index in [1.54, 1.807) is 0 Å². The van der Waals surface area contributed by atoms with E-state index in [1.807, 2.05) is 0 Å². The molecule has 1 fully saturated rings. The van der Waals surface area contributed by atoms with Crippen molar-refractivity contribution in [1.82, 2.24) is 0 Å². The Kier molecular flexibility index (Phi) is 4.42. The fraction of sp³-hybridized carbons (Fsp3) is 0.500. The molecule has 0 atom stereocenters. The molecule has 1 aliphatic carbocycles. The lowest BCUT2D eigenvalue weighted by molar-refractivity contribution is -0.384. The average molecular weight is 294 g/mol. The molecule has 0 amide bonds. The summed E-state index contributed by atoms with van der Waals surface area (Å²) in [6.45, 7) is -0.0942. The number of nitro groups is 1. The zero-order chi connectivity index (χ0) is 15.5. The summed E-state index contributed by atoms with van der Waals surface area (Å²) >= 11 is 0. The number of benzene rings is 1. The summed E-state index contributed by atoms with van der Waals surface area (Å²) in [5, 5.41) is 32.7. The Hall–Kier alpha value is -2.15. The predicted octanol–water partition coefficient (Wildman–Crippen LogP) is 2.40. The fourth-order valence-electron chi connectivity index (χ4n) is 2.77. The van der Waals surface area contributed by atoms with Crippen molar-refractivity contribution >= 4 is 17.3 Å². The van der Waals surface area contributed by atoms with Gasteiger partial charge in [0.1, 0.15) is 0 Å². The molecule has 0 heterocycles. The van der Waals surface area contributed by atoms with Crippen LogP contribution in [0.5, 0.6) is 0 Å². The molecule has 0 radical (unpaired) electrons. The van der Waals surface area contributed by atoms with Gasteiger partial charge in [0.2, 0.25) is 0 Å². The topological polar surface area (TPSA) is 113 Å². The highest BCUT2D eigenvalue weighted by molar-refractivity contribution is 5.95. The van der Waals surface area contributed by atoms with E-state index in [0.717, 1.165) is 38.2 Å². The molecule has 1 saturated carbocycles. The van der Waals surface area contributed by atoms with Gasteiger partial charge in [0.25, 0.3) is 5.69 Å². The summed E-state index contributed by atoms with van der Waals surface area (Å²) in [7, 11) is 0. The predicted molar refractivity (Wildman–Crippen MR) is 76.6 cm³/mol. The molecule has 1 aliphatic rings. The standard InChI is InChI=1S/C14H18N2O5/c17-9-14(6-2-1-3-7-14)15-12-5-4-10(16(20)21)8-11(12)13(18)19/h4-5,8,15,17H,1-3,6-7,9H2,(H,18,19). The summed E-state index contributed by atoms with van der Waals surface area (Å²) in [5.74, 6) is -1.23. The number of nitrogens with zero attached hydrogens (tertiary/aromatic N) is 1. The van der Waals surface area contributed by atoms with Gasteiger partial charge in [-0.25, -0.2) is 4.79 Å². The molecule has 3 N–H and O–H groups in total. The lowest BCUT2D eigenvalue weighted by Crippen LogP contribution is -2.44. The second-order valence-electron chi connectivity index (χ2n) is 5.42. The number of non-ortho nitro benzene ring substituents is 1. The maximum absolute atomic E-state index is 11.3. The van der Waals surface area contributed by atoms with E-state index < -0.39 is 16.4 Å². The van der Waals surface area contributed by atoms with E-state index in [1.165, 1.54) is 12.1 Å². The molecule has 1 aromatic carbocycles. The van der Waals surface area contributed by atoms with Gasteiger partial charge in [-0.05, 0) is 18.9 Å². The van der Waals surface area contributed by atoms with Gasteiger partial charge in [0, 0.05) is 17.8 Å². The summed E-state index contributed by atoms with van der Waals surface area (Å²) < 4.78 is 0. The quantitative estimate of drug-likeness (QED) is 0.567. The number of anilines is 1. The highest BCUT2D eigenvalue weighted by atomic mass is 16.6. The molecule has 1 aromatic rings. The number of hydrogen-bond donors (Lipinski definition) is 3. The van der Waals surface area contributed by atoms with Crippen LogP contribution in [0.1, 0.15) is 42.5 Å². The van der Waals surface area contributed by atoms with Crippen LogP contribution in [0.4, 0.5) is 11.4 Å². The minimum atomic E-state index is -1.23. The number of carbonyl (C=O) groups is 1. The van der Waals surface area contributed by atoms with Crippen LogP contribution in [0.2, 0.25) is 0 Å². The fourth-order valence-corrected chi connectivity index (χ4v) is 2.77. The molecule has 21 heavy (non-hydrogen) atoms. The van der Waals surface area contributed by atoms with Gasteiger partial charge in [-0.15, -0.1) is 0 Å². The van der Waals surface area contributed by atoms with Crippen LogP contribution in [0, 0.1) is 10.1 Å². The number of aliphatic hydroxyl groups excluding tert-OH is 1. The largest absolute Gasteiger partial charge is 0.478 e. The Bertz CT molecular complexity index is 552. The number of aromatic carboxylic acids is 1. The van der Waals surface area contributed by atoms with Gasteiger partial charge < -0.3 is 15.5 Å². The van der Waals surface area contributed by atoms with E-state index in [0.29, 0.717) is 5.69 Å². The molecule has 7 heteroatoms. The summed E-state index contributed by atoms with van der Waals surface area (Å²) in [5.41, 5.74) is -0.648. The summed E-state index contributed by atoms with van der Waals surface area (Å²) in [6, 6.07) is 3.70. The van der Waals surface area contributed by atoms with Gasteiger partial charge in [-0.1, -0.05) is 19.3 Å². The van der Waals surface area contributed by atoms with Crippen molar-refractivity contribution in [3.8, 4) is 0 Å². The number of hydrogen-bond acceptors (Lipinski definition) is 5. The maximum Gasteiger partial charge on any atom is 0.338 e. The lowest BCUT2D eigenvalue weighted by atomic mass is 9.82. The van der Waals surface area contributed by atoms with Crippen LogP contribution in [0.25, 0.3) is 0 Å². The van der Waals surface area contributed by atoms with E-state index in [4.69, 9.17) is 0 Å². The van der Waals surface area contributed by atoms with Crippen molar-refractivity contribution in [1.29, 1.82) is 0 Å². The van der Waals surface area contributed by atoms with Gasteiger partial charge >= 0.3 is 5.97 Å². The zero-order valence-electron chi connectivity index (χ0n) is 11.5. The molecule has 2 rings (SSSR count). The number of aliphatic hydroxyl groups is 1. The van der Waals surface area contributed by atoms with Gasteiger partial charge in [0.15, 0.2) is 0 Å². The van der Waals surface area contributed by atoms with Crippen molar-refractivity contribution in [2.45, 2.75) is 37.6 Å². The van der Waals surface area contributed by atoms with Crippen LogP contribution in [0.15, 0.2) is 18.2 Å². The molecule has 0 unspecified atom stereocenters. The van der Waals surface area contributed by atoms with Crippen LogP contribution in [0.3, 0.4) is 0 Å². The molecule has 114 valence electrons. The lowest BCUT2D eigenvalue weighted by Gasteiger charge is -2.37. The van der Waals surface area contributed by atoms with Crippen LogP contribution in [-0.4, -0.2) is 33.3 Å². The molecular formula is C14H18N2O5. The number of rotatable bonds is 5. The molecule has 7 nitrogen and oxygen atoms in total. The first-order valence-corrected chi connectivity index (χ1v) is 6.88. The Morgan fingerprint density at radius 3 is 2.52 bits per heavy atom. The van der Waals surface area contributed by atoms with E-state index >= 15 is 0 Å². The first-order valence-electron chi connectivity index (χ1n) is 6.88. The first kappa shape index (κ1) is 15.2. The highest BCUT2D eigenvalue weighted by Gasteiger charge is 2.32. The third-order valence-electron chi connectivity index (χ3n) is 3.96. The SMILES string of the molecule is O=C(O)c1cc([N+](=O)[O-])ccc1NC1(CO)CCCCC1. The smallest absolute Gasteiger partial charge is 0.338 e. The minimum absolute atomic E-state index is 0.0942. The average Bonchev–Trinajstić information content (AvgIpc) is 2.48. The number of nitro benzene ring substituents is 1. The Labute approximate surface area is 121 Å². The van der Waals surface area contributed by atoms with Gasteiger partial charge in [-0.2, -0.15) is 0 Å². The van der Waals surface area contributed by atoms with Gasteiger partial charge in [-0.3, -0.25) is 10.1 Å². The molecule has 0 bridgehead atoms. The van der Waals surface area contributed by atoms with Crippen molar-refractivity contribution in [3.63, 3.8) is 0 Å². The number of nitrogens with one attached hydrogen (secondary N) is 1. The third-order valence-corrected chi connectivity index (χ3v) is 3.96. The third kappa shape index (κ3) is 3.30. The van der Waals surface area contributed by atoms with E-state index in [9.17, 15) is 25.1 Å². The molecule has 0 aromatic heterocycles. The normalized spacial score (nSPS) is 17.2. The monoisotopic (exact) mass is 294 g/mol. The second kappa shape index (κ2) is 6.09. The maximum atomic E-state index is 11.3. The molecule has 0 saturated heterocycles. The molecule has 0 spiro atoms. The van der Waals surface area contributed by atoms with Crippen molar-refractivity contribution in [2.24, 2.45) is 0 Å². The summed E-state index contributed by atoms with van der Waals surface area (Å²) in [4.78, 5) is 21.4. The van der Waals surface area contributed by atoms with E-state index in [2.05, 4.69) is 5.32 Å². The Morgan fingerprint density at radius 1 is 1.33 bits per heavy atom. The van der Waals surface area contributed by atoms with Crippen LogP contribution < -0.4 is 5.32 Å². The number of carboxylic acids is 1. The van der Waals surface area contributed by atoms with E-state index in [-0.39, 0.29) is 17.9 Å². The zero-order valence-corrected chi connectivity index (χ0v) is 11.5. The van der Waals surface area contributed by atoms with Crippen molar-refractivity contribution < 1.29 is 19.9 Å². The first-order chi connectivity index (χ1) is 9.97. The molecular weight excluding hydrogens is 276 g/mol. The van der Waals surface area contributed by atoms with Crippen LogP contribution in [-0.2, 0) is 0 Å². The van der Waals surface area contributed by atoms with Crippen molar-refractivity contribution in [3.05, 3.63) is 33.9 Å². The Morgan fingerprint density at radius 2 is 2.00 bits per heavy atom. The van der Waals surface area contributed by atoms with Crippen molar-refractivity contribution in [2.75, 3.05) is 11.9 Å².